The second kappa shape index (κ2) is 6.00. The summed E-state index contributed by atoms with van der Waals surface area (Å²) in [6.07, 6.45) is 0. The molecule has 3 rings (SSSR count). The Morgan fingerprint density at radius 2 is 2.00 bits per heavy atom. The summed E-state index contributed by atoms with van der Waals surface area (Å²) in [5.41, 5.74) is 0.703. The van der Waals surface area contributed by atoms with Crippen LogP contribution in [0.3, 0.4) is 0 Å². The fraction of sp³-hybridized carbons (Fsp3) is 0.125. The number of thioether (sulfide) groups is 1. The van der Waals surface area contributed by atoms with Crippen molar-refractivity contribution in [1.82, 2.24) is 0 Å². The minimum Gasteiger partial charge on any atom is -0.324 e. The third kappa shape index (κ3) is 3.19. The van der Waals surface area contributed by atoms with Gasteiger partial charge in [0.25, 0.3) is 5.91 Å². The number of amides is 2. The first-order chi connectivity index (χ1) is 10.9. The first-order valence-corrected chi connectivity index (χ1v) is 7.70. The van der Waals surface area contributed by atoms with Crippen molar-refractivity contribution >= 4 is 35.0 Å². The zero-order valence-corrected chi connectivity index (χ0v) is 12.8. The summed E-state index contributed by atoms with van der Waals surface area (Å²) in [5, 5.41) is 4.91. The summed E-state index contributed by atoms with van der Waals surface area (Å²) >= 11 is 1.40. The average molecular weight is 334 g/mol. The molecule has 7 heteroatoms. The van der Waals surface area contributed by atoms with Crippen LogP contribution in [0.25, 0.3) is 0 Å². The van der Waals surface area contributed by atoms with Crippen LogP contribution in [-0.4, -0.2) is 17.1 Å². The molecule has 0 saturated carbocycles. The molecule has 2 aromatic rings. The van der Waals surface area contributed by atoms with E-state index in [-0.39, 0.29) is 22.4 Å². The normalized spacial score (nSPS) is 16.5. The van der Waals surface area contributed by atoms with E-state index in [1.807, 2.05) is 0 Å². The summed E-state index contributed by atoms with van der Waals surface area (Å²) in [5.74, 6) is -2.25. The van der Waals surface area contributed by atoms with Gasteiger partial charge in [-0.1, -0.05) is 0 Å². The molecule has 0 fully saturated rings. The van der Waals surface area contributed by atoms with Crippen molar-refractivity contribution in [3.8, 4) is 0 Å². The van der Waals surface area contributed by atoms with E-state index < -0.39 is 17.5 Å². The molecule has 0 radical (unpaired) electrons. The Bertz CT molecular complexity index is 811. The first kappa shape index (κ1) is 15.5. The monoisotopic (exact) mass is 334 g/mol. The van der Waals surface area contributed by atoms with Crippen LogP contribution in [0.1, 0.15) is 17.3 Å². The number of benzene rings is 2. The number of hydrogen-bond acceptors (Lipinski definition) is 3. The van der Waals surface area contributed by atoms with Crippen LogP contribution < -0.4 is 10.6 Å². The van der Waals surface area contributed by atoms with Crippen LogP contribution in [0.2, 0.25) is 0 Å². The number of fused-ring (bicyclic) bond motifs is 1. The Labute approximate surface area is 135 Å². The predicted molar refractivity (Wildman–Crippen MR) is 84.7 cm³/mol. The Kier molecular flexibility index (Phi) is 4.04. The van der Waals surface area contributed by atoms with Gasteiger partial charge in [-0.2, -0.15) is 0 Å². The molecule has 0 saturated heterocycles. The second-order valence-corrected chi connectivity index (χ2v) is 6.42. The molecule has 0 spiro atoms. The number of hydrogen-bond donors (Lipinski definition) is 2. The number of carbonyl (C=O) groups is 2. The Morgan fingerprint density at radius 1 is 1.22 bits per heavy atom. The number of carbonyl (C=O) groups excluding carboxylic acids is 2. The van der Waals surface area contributed by atoms with Crippen molar-refractivity contribution in [3.05, 3.63) is 53.6 Å². The highest BCUT2D eigenvalue weighted by Gasteiger charge is 2.23. The third-order valence-corrected chi connectivity index (χ3v) is 4.53. The lowest BCUT2D eigenvalue weighted by molar-refractivity contribution is -0.115. The van der Waals surface area contributed by atoms with Gasteiger partial charge in [-0.15, -0.1) is 11.8 Å². The maximum atomic E-state index is 13.6. The van der Waals surface area contributed by atoms with Crippen LogP contribution >= 0.6 is 11.8 Å². The van der Waals surface area contributed by atoms with Crippen LogP contribution in [0.15, 0.2) is 41.3 Å². The first-order valence-electron chi connectivity index (χ1n) is 6.82. The highest BCUT2D eigenvalue weighted by Crippen LogP contribution is 2.36. The number of halogens is 2. The summed E-state index contributed by atoms with van der Waals surface area (Å²) in [6.45, 7) is 1.79. The van der Waals surface area contributed by atoms with Crippen molar-refractivity contribution in [1.29, 1.82) is 0 Å². The van der Waals surface area contributed by atoms with Crippen LogP contribution in [0, 0.1) is 11.6 Å². The van der Waals surface area contributed by atoms with Gasteiger partial charge in [0, 0.05) is 16.5 Å². The van der Waals surface area contributed by atoms with E-state index in [1.165, 1.54) is 17.8 Å². The van der Waals surface area contributed by atoms with Gasteiger partial charge in [-0.25, -0.2) is 8.78 Å². The maximum absolute atomic E-state index is 13.6. The highest BCUT2D eigenvalue weighted by molar-refractivity contribution is 8.00. The van der Waals surface area contributed by atoms with Crippen molar-refractivity contribution in [3.63, 3.8) is 0 Å². The smallest absolute Gasteiger partial charge is 0.255 e. The minimum atomic E-state index is -0.853. The lowest BCUT2D eigenvalue weighted by atomic mass is 10.1. The van der Waals surface area contributed by atoms with E-state index in [9.17, 15) is 18.4 Å². The summed E-state index contributed by atoms with van der Waals surface area (Å²) in [4.78, 5) is 24.7. The predicted octanol–water partition coefficient (Wildman–Crippen LogP) is 3.65. The molecule has 118 valence electrons. The minimum absolute atomic E-state index is 0.110. The SMILES string of the molecule is C[C@@H]1Sc2ccc(C(=O)Nc3ccc(F)cc3F)cc2NC1=O. The van der Waals surface area contributed by atoms with Gasteiger partial charge in [0.15, 0.2) is 0 Å². The quantitative estimate of drug-likeness (QED) is 0.881. The fourth-order valence-electron chi connectivity index (χ4n) is 2.14. The summed E-state index contributed by atoms with van der Waals surface area (Å²) in [7, 11) is 0. The molecule has 0 unspecified atom stereocenters. The second-order valence-electron chi connectivity index (χ2n) is 5.04. The van der Waals surface area contributed by atoms with Gasteiger partial charge in [0.2, 0.25) is 5.91 Å². The Hall–Kier alpha value is -2.41. The van der Waals surface area contributed by atoms with E-state index >= 15 is 0 Å². The van der Waals surface area contributed by atoms with Crippen molar-refractivity contribution in [2.75, 3.05) is 10.6 Å². The van der Waals surface area contributed by atoms with E-state index in [2.05, 4.69) is 10.6 Å². The van der Waals surface area contributed by atoms with Gasteiger partial charge in [0.1, 0.15) is 11.6 Å². The standard InChI is InChI=1S/C16H12F2N2O2S/c1-8-15(21)20-13-6-9(2-5-14(13)23-8)16(22)19-12-4-3-10(17)7-11(12)18/h2-8H,1H3,(H,19,22)(H,20,21)/t8-/m0/s1. The van der Waals surface area contributed by atoms with E-state index in [0.29, 0.717) is 11.8 Å². The molecule has 0 aromatic heterocycles. The third-order valence-electron chi connectivity index (χ3n) is 3.35. The molecule has 1 atom stereocenters. The van der Waals surface area contributed by atoms with Gasteiger partial charge in [0.05, 0.1) is 16.6 Å². The van der Waals surface area contributed by atoms with Gasteiger partial charge in [-0.3, -0.25) is 9.59 Å². The molecular weight excluding hydrogens is 322 g/mol. The fourth-order valence-corrected chi connectivity index (χ4v) is 3.07. The van der Waals surface area contributed by atoms with E-state index in [4.69, 9.17) is 0 Å². The molecule has 2 amide bonds. The van der Waals surface area contributed by atoms with Crippen LogP contribution in [0.4, 0.5) is 20.2 Å². The Balaban J connectivity index is 1.83. The molecule has 0 aliphatic carbocycles. The number of nitrogens with one attached hydrogen (secondary N) is 2. The summed E-state index contributed by atoms with van der Waals surface area (Å²) in [6, 6.07) is 7.76. The Morgan fingerprint density at radius 3 is 2.74 bits per heavy atom. The van der Waals surface area contributed by atoms with Gasteiger partial charge < -0.3 is 10.6 Å². The zero-order valence-electron chi connectivity index (χ0n) is 12.0. The van der Waals surface area contributed by atoms with Crippen molar-refractivity contribution in [2.24, 2.45) is 0 Å². The molecule has 2 aromatic carbocycles. The highest BCUT2D eigenvalue weighted by atomic mass is 32.2. The average Bonchev–Trinajstić information content (AvgIpc) is 2.50. The van der Waals surface area contributed by atoms with E-state index in [1.54, 1.807) is 19.1 Å². The van der Waals surface area contributed by atoms with Crippen LogP contribution in [-0.2, 0) is 4.79 Å². The molecular formula is C16H12F2N2O2S. The molecule has 2 N–H and O–H groups in total. The molecule has 4 nitrogen and oxygen atoms in total. The van der Waals surface area contributed by atoms with Gasteiger partial charge >= 0.3 is 0 Å². The van der Waals surface area contributed by atoms with Crippen LogP contribution in [0.5, 0.6) is 0 Å². The van der Waals surface area contributed by atoms with Crippen molar-refractivity contribution in [2.45, 2.75) is 17.1 Å². The maximum Gasteiger partial charge on any atom is 0.255 e. The van der Waals surface area contributed by atoms with E-state index in [0.717, 1.165) is 17.0 Å². The molecule has 0 bridgehead atoms. The number of rotatable bonds is 2. The molecule has 23 heavy (non-hydrogen) atoms. The molecule has 1 aliphatic heterocycles. The zero-order chi connectivity index (χ0) is 16.6. The largest absolute Gasteiger partial charge is 0.324 e. The topological polar surface area (TPSA) is 58.2 Å². The van der Waals surface area contributed by atoms with Crippen molar-refractivity contribution < 1.29 is 18.4 Å². The van der Waals surface area contributed by atoms with Gasteiger partial charge in [-0.05, 0) is 37.3 Å². The summed E-state index contributed by atoms with van der Waals surface area (Å²) < 4.78 is 26.4. The molecule has 1 heterocycles. The molecule has 1 aliphatic rings. The lowest BCUT2D eigenvalue weighted by Gasteiger charge is -2.21. The number of anilines is 2. The lowest BCUT2D eigenvalue weighted by Crippen LogP contribution is -2.26.